The Labute approximate surface area is 127 Å². The molecule has 0 unspecified atom stereocenters. The van der Waals surface area contributed by atoms with Crippen LogP contribution >= 0.6 is 11.8 Å². The van der Waals surface area contributed by atoms with Gasteiger partial charge < -0.3 is 10.5 Å². The van der Waals surface area contributed by atoms with Crippen LogP contribution in [0.1, 0.15) is 5.56 Å². The van der Waals surface area contributed by atoms with Crippen molar-refractivity contribution in [3.63, 3.8) is 0 Å². The first-order valence-corrected chi connectivity index (χ1v) is 7.44. The molecular weight excluding hydrogens is 284 g/mol. The summed E-state index contributed by atoms with van der Waals surface area (Å²) in [6.45, 7) is 2.02. The number of nitrogens with zero attached hydrogens (tertiary/aromatic N) is 1. The third-order valence-corrected chi connectivity index (χ3v) is 3.83. The third kappa shape index (κ3) is 4.65. The van der Waals surface area contributed by atoms with E-state index in [0.29, 0.717) is 11.4 Å². The number of carbonyl (C=O) groups excluding carboxylic acids is 1. The van der Waals surface area contributed by atoms with Gasteiger partial charge in [-0.15, -0.1) is 11.8 Å². The van der Waals surface area contributed by atoms with E-state index in [-0.39, 0.29) is 5.71 Å². The second-order valence-corrected chi connectivity index (χ2v) is 5.52. The van der Waals surface area contributed by atoms with Gasteiger partial charge in [0.1, 0.15) is 0 Å². The summed E-state index contributed by atoms with van der Waals surface area (Å²) >= 11 is 1.45. The number of benzene rings is 2. The maximum atomic E-state index is 12.0. The van der Waals surface area contributed by atoms with Gasteiger partial charge in [0.2, 0.25) is 0 Å². The Morgan fingerprint density at radius 2 is 1.81 bits per heavy atom. The molecule has 0 saturated carbocycles. The predicted octanol–water partition coefficient (Wildman–Crippen LogP) is 3.56. The van der Waals surface area contributed by atoms with Crippen LogP contribution in [0, 0.1) is 6.92 Å². The monoisotopic (exact) mass is 300 g/mol. The standard InChI is InChI=1S/C16H16N2O2S/c1-12-7-9-14(10-8-12)21-11-15(18-20)16(19)17-13-5-3-2-4-6-13/h2-10,20H,11H2,1H3,(H,17,19)/b18-15-. The molecule has 108 valence electrons. The van der Waals surface area contributed by atoms with Gasteiger partial charge >= 0.3 is 0 Å². The minimum Gasteiger partial charge on any atom is -0.410 e. The van der Waals surface area contributed by atoms with Crippen molar-refractivity contribution in [2.24, 2.45) is 5.16 Å². The number of thioether (sulfide) groups is 1. The van der Waals surface area contributed by atoms with Gasteiger partial charge in [-0.1, -0.05) is 41.1 Å². The zero-order chi connectivity index (χ0) is 15.1. The Hall–Kier alpha value is -2.27. The minimum absolute atomic E-state index is 0.0874. The number of hydrogen-bond donors (Lipinski definition) is 2. The number of para-hydroxylation sites is 1. The number of amides is 1. The van der Waals surface area contributed by atoms with Crippen LogP contribution < -0.4 is 5.32 Å². The Kier molecular flexibility index (Phi) is 5.40. The molecule has 2 rings (SSSR count). The summed E-state index contributed by atoms with van der Waals surface area (Å²) in [6, 6.07) is 17.0. The van der Waals surface area contributed by atoms with E-state index in [1.54, 1.807) is 12.1 Å². The predicted molar refractivity (Wildman–Crippen MR) is 86.2 cm³/mol. The minimum atomic E-state index is -0.400. The van der Waals surface area contributed by atoms with Crippen molar-refractivity contribution in [3.05, 3.63) is 60.2 Å². The van der Waals surface area contributed by atoms with Crippen LogP contribution in [0.2, 0.25) is 0 Å². The van der Waals surface area contributed by atoms with E-state index >= 15 is 0 Å². The highest BCUT2D eigenvalue weighted by Crippen LogP contribution is 2.18. The average Bonchev–Trinajstić information content (AvgIpc) is 2.51. The van der Waals surface area contributed by atoms with E-state index in [1.807, 2.05) is 49.4 Å². The number of rotatable bonds is 5. The van der Waals surface area contributed by atoms with Crippen molar-refractivity contribution in [1.29, 1.82) is 0 Å². The van der Waals surface area contributed by atoms with Crippen molar-refractivity contribution in [2.75, 3.05) is 11.1 Å². The summed E-state index contributed by atoms with van der Waals surface area (Å²) in [5.41, 5.74) is 1.94. The van der Waals surface area contributed by atoms with Crippen molar-refractivity contribution in [1.82, 2.24) is 0 Å². The summed E-state index contributed by atoms with van der Waals surface area (Å²) in [4.78, 5) is 13.0. The second kappa shape index (κ2) is 7.50. The van der Waals surface area contributed by atoms with Gasteiger partial charge in [0.25, 0.3) is 5.91 Å². The fraction of sp³-hybridized carbons (Fsp3) is 0.125. The maximum absolute atomic E-state index is 12.0. The van der Waals surface area contributed by atoms with Crippen LogP contribution in [-0.4, -0.2) is 22.6 Å². The first kappa shape index (κ1) is 15.1. The van der Waals surface area contributed by atoms with Crippen LogP contribution in [0.15, 0.2) is 64.6 Å². The molecule has 2 N–H and O–H groups in total. The number of carbonyl (C=O) groups is 1. The summed E-state index contributed by atoms with van der Waals surface area (Å²) in [6.07, 6.45) is 0. The Balaban J connectivity index is 1.94. The zero-order valence-corrected chi connectivity index (χ0v) is 12.4. The fourth-order valence-electron chi connectivity index (χ4n) is 1.65. The molecule has 0 radical (unpaired) electrons. The highest BCUT2D eigenvalue weighted by Gasteiger charge is 2.13. The zero-order valence-electron chi connectivity index (χ0n) is 11.6. The lowest BCUT2D eigenvalue weighted by atomic mass is 10.2. The highest BCUT2D eigenvalue weighted by molar-refractivity contribution is 8.00. The van der Waals surface area contributed by atoms with Gasteiger partial charge in [-0.25, -0.2) is 0 Å². The molecule has 4 nitrogen and oxygen atoms in total. The number of aryl methyl sites for hydroxylation is 1. The Morgan fingerprint density at radius 3 is 2.43 bits per heavy atom. The van der Waals surface area contributed by atoms with E-state index in [1.165, 1.54) is 17.3 Å². The lowest BCUT2D eigenvalue weighted by molar-refractivity contribution is -0.110. The molecule has 0 bridgehead atoms. The number of nitrogens with one attached hydrogen (secondary N) is 1. The molecule has 0 atom stereocenters. The van der Waals surface area contributed by atoms with Gasteiger partial charge in [0.15, 0.2) is 5.71 Å². The largest absolute Gasteiger partial charge is 0.410 e. The Bertz CT molecular complexity index is 624. The van der Waals surface area contributed by atoms with Gasteiger partial charge in [0.05, 0.1) is 0 Å². The molecule has 1 amide bonds. The lowest BCUT2D eigenvalue weighted by Crippen LogP contribution is -2.24. The second-order valence-electron chi connectivity index (χ2n) is 4.47. The van der Waals surface area contributed by atoms with Crippen LogP contribution in [-0.2, 0) is 4.79 Å². The summed E-state index contributed by atoms with van der Waals surface area (Å²) < 4.78 is 0. The first-order valence-electron chi connectivity index (χ1n) is 6.46. The SMILES string of the molecule is Cc1ccc(SC/C(=N/O)C(=O)Nc2ccccc2)cc1. The highest BCUT2D eigenvalue weighted by atomic mass is 32.2. The fourth-order valence-corrected chi connectivity index (χ4v) is 2.47. The average molecular weight is 300 g/mol. The molecule has 0 heterocycles. The van der Waals surface area contributed by atoms with Crippen LogP contribution in [0.25, 0.3) is 0 Å². The summed E-state index contributed by atoms with van der Waals surface area (Å²) in [5, 5.41) is 14.8. The molecule has 2 aromatic rings. The van der Waals surface area contributed by atoms with E-state index in [0.717, 1.165) is 4.90 Å². The first-order chi connectivity index (χ1) is 10.2. The van der Waals surface area contributed by atoms with Crippen LogP contribution in [0.4, 0.5) is 5.69 Å². The normalized spacial score (nSPS) is 11.2. The van der Waals surface area contributed by atoms with Crippen molar-refractivity contribution in [2.45, 2.75) is 11.8 Å². The van der Waals surface area contributed by atoms with Gasteiger partial charge in [-0.05, 0) is 31.2 Å². The number of oxime groups is 1. The third-order valence-electron chi connectivity index (χ3n) is 2.81. The molecule has 0 spiro atoms. The molecule has 0 saturated heterocycles. The topological polar surface area (TPSA) is 61.7 Å². The van der Waals surface area contributed by atoms with Crippen LogP contribution in [0.3, 0.4) is 0 Å². The molecule has 5 heteroatoms. The maximum Gasteiger partial charge on any atom is 0.274 e. The Morgan fingerprint density at radius 1 is 1.14 bits per heavy atom. The molecule has 0 aliphatic carbocycles. The molecule has 0 aromatic heterocycles. The molecule has 2 aromatic carbocycles. The number of anilines is 1. The van der Waals surface area contributed by atoms with E-state index in [9.17, 15) is 4.79 Å². The van der Waals surface area contributed by atoms with E-state index in [4.69, 9.17) is 5.21 Å². The molecule has 0 aliphatic rings. The van der Waals surface area contributed by atoms with Crippen molar-refractivity contribution < 1.29 is 10.0 Å². The van der Waals surface area contributed by atoms with E-state index in [2.05, 4.69) is 10.5 Å². The molecule has 0 fully saturated rings. The molecule has 21 heavy (non-hydrogen) atoms. The summed E-state index contributed by atoms with van der Waals surface area (Å²) in [5.74, 6) is -0.0959. The van der Waals surface area contributed by atoms with Gasteiger partial charge in [0, 0.05) is 16.3 Å². The van der Waals surface area contributed by atoms with Gasteiger partial charge in [-0.3, -0.25) is 4.79 Å². The van der Waals surface area contributed by atoms with Crippen molar-refractivity contribution in [3.8, 4) is 0 Å². The van der Waals surface area contributed by atoms with Gasteiger partial charge in [-0.2, -0.15) is 0 Å². The number of hydrogen-bond acceptors (Lipinski definition) is 4. The summed E-state index contributed by atoms with van der Waals surface area (Å²) in [7, 11) is 0. The van der Waals surface area contributed by atoms with E-state index < -0.39 is 5.91 Å². The molecule has 0 aliphatic heterocycles. The quantitative estimate of drug-likeness (QED) is 0.384. The molecular formula is C16H16N2O2S. The smallest absolute Gasteiger partial charge is 0.274 e. The lowest BCUT2D eigenvalue weighted by Gasteiger charge is -2.06. The van der Waals surface area contributed by atoms with Crippen LogP contribution in [0.5, 0.6) is 0 Å². The van der Waals surface area contributed by atoms with Crippen molar-refractivity contribution >= 4 is 29.1 Å².